The number of nitrogens with zero attached hydrogens (tertiary/aromatic N) is 1. The predicted octanol–water partition coefficient (Wildman–Crippen LogP) is 3.71. The van der Waals surface area contributed by atoms with Gasteiger partial charge in [0.05, 0.1) is 16.9 Å². The molecule has 1 aromatic heterocycles. The van der Waals surface area contributed by atoms with Gasteiger partial charge in [0.25, 0.3) is 11.5 Å². The molecule has 26 heavy (non-hydrogen) atoms. The van der Waals surface area contributed by atoms with Gasteiger partial charge in [0.15, 0.2) is 4.77 Å². The van der Waals surface area contributed by atoms with Gasteiger partial charge in [-0.3, -0.25) is 14.2 Å². The number of aromatic nitrogens is 2. The van der Waals surface area contributed by atoms with Crippen LogP contribution < -0.4 is 10.9 Å². The monoisotopic (exact) mass is 371 g/mol. The van der Waals surface area contributed by atoms with Gasteiger partial charge in [0, 0.05) is 12.1 Å². The van der Waals surface area contributed by atoms with Crippen molar-refractivity contribution < 1.29 is 9.18 Å². The summed E-state index contributed by atoms with van der Waals surface area (Å²) in [6.45, 7) is 4.09. The van der Waals surface area contributed by atoms with E-state index >= 15 is 0 Å². The fourth-order valence-corrected chi connectivity index (χ4v) is 3.14. The molecule has 1 atom stereocenters. The molecule has 0 aliphatic rings. The largest absolute Gasteiger partial charge is 0.346 e. The van der Waals surface area contributed by atoms with E-state index in [0.717, 1.165) is 0 Å². The van der Waals surface area contributed by atoms with Crippen molar-refractivity contribution in [1.29, 1.82) is 0 Å². The fourth-order valence-electron chi connectivity index (χ4n) is 2.82. The highest BCUT2D eigenvalue weighted by Gasteiger charge is 2.14. The van der Waals surface area contributed by atoms with E-state index in [4.69, 9.17) is 12.2 Å². The van der Waals surface area contributed by atoms with Gasteiger partial charge in [0.2, 0.25) is 0 Å². The lowest BCUT2D eigenvalue weighted by Crippen LogP contribution is -2.27. The summed E-state index contributed by atoms with van der Waals surface area (Å²) in [5.41, 5.74) is 1.38. The molecule has 3 aromatic rings. The summed E-state index contributed by atoms with van der Waals surface area (Å²) in [6.07, 6.45) is 0. The van der Waals surface area contributed by atoms with Crippen LogP contribution in [0.5, 0.6) is 0 Å². The second-order valence-corrected chi connectivity index (χ2v) is 6.38. The first-order valence-corrected chi connectivity index (χ1v) is 8.64. The number of carbonyl (C=O) groups is 1. The van der Waals surface area contributed by atoms with Crippen LogP contribution in [-0.4, -0.2) is 15.5 Å². The Morgan fingerprint density at radius 1 is 1.31 bits per heavy atom. The maximum absolute atomic E-state index is 13.3. The molecule has 0 radical (unpaired) electrons. The molecule has 0 aliphatic heterocycles. The van der Waals surface area contributed by atoms with Gasteiger partial charge < -0.3 is 10.3 Å². The average molecular weight is 371 g/mol. The van der Waals surface area contributed by atoms with E-state index in [0.29, 0.717) is 33.3 Å². The maximum Gasteiger partial charge on any atom is 0.262 e. The summed E-state index contributed by atoms with van der Waals surface area (Å²) in [7, 11) is 0. The zero-order valence-electron chi connectivity index (χ0n) is 14.4. The molecule has 2 N–H and O–H groups in total. The lowest BCUT2D eigenvalue weighted by molar-refractivity contribution is 0.0940. The minimum atomic E-state index is -0.361. The van der Waals surface area contributed by atoms with Crippen LogP contribution in [0.1, 0.15) is 35.8 Å². The number of halogens is 1. The average Bonchev–Trinajstić information content (AvgIpc) is 2.61. The third-order valence-corrected chi connectivity index (χ3v) is 4.58. The van der Waals surface area contributed by atoms with Gasteiger partial charge in [-0.2, -0.15) is 0 Å². The number of carbonyl (C=O) groups excluding carboxylic acids is 1. The van der Waals surface area contributed by atoms with E-state index in [1.165, 1.54) is 16.7 Å². The molecule has 134 valence electrons. The second kappa shape index (κ2) is 7.21. The van der Waals surface area contributed by atoms with Gasteiger partial charge in [-0.05, 0) is 62.0 Å². The first kappa shape index (κ1) is 18.0. The number of fused-ring (bicyclic) bond motifs is 1. The number of hydrogen-bond donors (Lipinski definition) is 2. The van der Waals surface area contributed by atoms with E-state index in [1.54, 1.807) is 37.3 Å². The van der Waals surface area contributed by atoms with Crippen molar-refractivity contribution in [3.05, 3.63) is 74.5 Å². The summed E-state index contributed by atoms with van der Waals surface area (Å²) >= 11 is 5.19. The molecule has 5 nitrogen and oxygen atoms in total. The fraction of sp³-hybridized carbons (Fsp3) is 0.211. The van der Waals surface area contributed by atoms with Crippen molar-refractivity contribution in [2.45, 2.75) is 26.4 Å². The van der Waals surface area contributed by atoms with Crippen LogP contribution in [0.2, 0.25) is 0 Å². The van der Waals surface area contributed by atoms with E-state index in [9.17, 15) is 14.0 Å². The highest BCUT2D eigenvalue weighted by molar-refractivity contribution is 7.71. The predicted molar refractivity (Wildman–Crippen MR) is 101 cm³/mol. The van der Waals surface area contributed by atoms with Gasteiger partial charge >= 0.3 is 0 Å². The highest BCUT2D eigenvalue weighted by Crippen LogP contribution is 2.16. The Kier molecular flexibility index (Phi) is 4.99. The molecule has 0 aliphatic carbocycles. The molecule has 3 rings (SSSR count). The minimum absolute atomic E-state index is 0.189. The van der Waals surface area contributed by atoms with Crippen LogP contribution >= 0.6 is 12.2 Å². The molecule has 0 bridgehead atoms. The van der Waals surface area contributed by atoms with Crippen LogP contribution in [0, 0.1) is 10.6 Å². The standard InChI is InChI=1S/C19H18FN3O2S/c1-3-23-18(25)15-8-7-13(10-16(15)22-19(23)26)17(24)21-11(2)12-5-4-6-14(20)9-12/h4-11H,3H2,1-2H3,(H,21,24)(H,22,26)/t11-/m0/s1. The molecule has 0 saturated heterocycles. The van der Waals surface area contributed by atoms with Crippen LogP contribution in [-0.2, 0) is 6.54 Å². The molecular weight excluding hydrogens is 353 g/mol. The van der Waals surface area contributed by atoms with Crippen LogP contribution in [0.25, 0.3) is 10.9 Å². The Balaban J connectivity index is 1.91. The summed E-state index contributed by atoms with van der Waals surface area (Å²) in [6, 6.07) is 10.5. The summed E-state index contributed by atoms with van der Waals surface area (Å²) in [5, 5.41) is 3.30. The lowest BCUT2D eigenvalue weighted by atomic mass is 10.1. The molecule has 0 spiro atoms. The third-order valence-electron chi connectivity index (χ3n) is 4.26. The topological polar surface area (TPSA) is 66.9 Å². The van der Waals surface area contributed by atoms with E-state index < -0.39 is 0 Å². The van der Waals surface area contributed by atoms with Crippen molar-refractivity contribution in [3.8, 4) is 0 Å². The molecule has 7 heteroatoms. The van der Waals surface area contributed by atoms with Crippen molar-refractivity contribution in [2.75, 3.05) is 0 Å². The molecule has 0 unspecified atom stereocenters. The summed E-state index contributed by atoms with van der Waals surface area (Å²) in [4.78, 5) is 27.9. The smallest absolute Gasteiger partial charge is 0.262 e. The normalized spacial score (nSPS) is 12.1. The number of nitrogens with one attached hydrogen (secondary N) is 2. The Morgan fingerprint density at radius 2 is 2.08 bits per heavy atom. The zero-order valence-corrected chi connectivity index (χ0v) is 15.2. The Hall–Kier alpha value is -2.80. The molecule has 2 aromatic carbocycles. The Labute approximate surface area is 154 Å². The van der Waals surface area contributed by atoms with Gasteiger partial charge in [0.1, 0.15) is 5.82 Å². The SMILES string of the molecule is CCn1c(=S)[nH]c2cc(C(=O)N[C@@H](C)c3cccc(F)c3)ccc2c1=O. The number of rotatable bonds is 4. The number of H-pyrrole nitrogens is 1. The van der Waals surface area contributed by atoms with E-state index in [-0.39, 0.29) is 23.3 Å². The maximum atomic E-state index is 13.3. The van der Waals surface area contributed by atoms with Crippen molar-refractivity contribution >= 4 is 29.0 Å². The van der Waals surface area contributed by atoms with Crippen LogP contribution in [0.15, 0.2) is 47.3 Å². The lowest BCUT2D eigenvalue weighted by Gasteiger charge is -2.15. The second-order valence-electron chi connectivity index (χ2n) is 5.99. The number of hydrogen-bond acceptors (Lipinski definition) is 3. The van der Waals surface area contributed by atoms with Crippen molar-refractivity contribution in [3.63, 3.8) is 0 Å². The van der Waals surface area contributed by atoms with Crippen LogP contribution in [0.4, 0.5) is 4.39 Å². The number of aromatic amines is 1. The molecule has 0 fully saturated rings. The molecule has 0 saturated carbocycles. The van der Waals surface area contributed by atoms with E-state index in [1.807, 2.05) is 6.92 Å². The van der Waals surface area contributed by atoms with Gasteiger partial charge in [-0.15, -0.1) is 0 Å². The van der Waals surface area contributed by atoms with Gasteiger partial charge in [-0.1, -0.05) is 12.1 Å². The van der Waals surface area contributed by atoms with Crippen molar-refractivity contribution in [2.24, 2.45) is 0 Å². The highest BCUT2D eigenvalue weighted by atomic mass is 32.1. The number of amides is 1. The molecular formula is C19H18FN3O2S. The zero-order chi connectivity index (χ0) is 18.8. The van der Waals surface area contributed by atoms with Gasteiger partial charge in [-0.25, -0.2) is 4.39 Å². The van der Waals surface area contributed by atoms with E-state index in [2.05, 4.69) is 10.3 Å². The summed E-state index contributed by atoms with van der Waals surface area (Å²) < 4.78 is 15.1. The van der Waals surface area contributed by atoms with Crippen molar-refractivity contribution in [1.82, 2.24) is 14.9 Å². The number of benzene rings is 2. The summed E-state index contributed by atoms with van der Waals surface area (Å²) in [5.74, 6) is -0.670. The minimum Gasteiger partial charge on any atom is -0.346 e. The first-order valence-electron chi connectivity index (χ1n) is 8.24. The van der Waals surface area contributed by atoms with Crippen LogP contribution in [0.3, 0.4) is 0 Å². The third kappa shape index (κ3) is 3.43. The quantitative estimate of drug-likeness (QED) is 0.687. The Morgan fingerprint density at radius 3 is 2.77 bits per heavy atom. The Bertz CT molecular complexity index is 1100. The molecule has 1 heterocycles. The molecule has 1 amide bonds. The first-order chi connectivity index (χ1) is 12.4.